The molecule has 1 amide bonds. The SMILES string of the molecule is CC(CCc1ccccc1)C(=O)Nc1ccc2c(c1)B(O)OC2(C)C. The van der Waals surface area contributed by atoms with Crippen molar-refractivity contribution in [2.24, 2.45) is 5.92 Å². The van der Waals surface area contributed by atoms with Crippen LogP contribution in [0.2, 0.25) is 0 Å². The van der Waals surface area contributed by atoms with Gasteiger partial charge in [0, 0.05) is 11.6 Å². The fourth-order valence-corrected chi connectivity index (χ4v) is 3.22. The van der Waals surface area contributed by atoms with Crippen LogP contribution in [0.4, 0.5) is 5.69 Å². The Morgan fingerprint density at radius 2 is 1.96 bits per heavy atom. The lowest BCUT2D eigenvalue weighted by Gasteiger charge is -2.19. The van der Waals surface area contributed by atoms with Crippen LogP contribution < -0.4 is 10.8 Å². The molecule has 0 saturated heterocycles. The first-order valence-corrected chi connectivity index (χ1v) is 8.72. The number of rotatable bonds is 5. The second-order valence-corrected chi connectivity index (χ2v) is 7.20. The molecule has 2 N–H and O–H groups in total. The number of aryl methyl sites for hydroxylation is 1. The molecule has 1 unspecified atom stereocenters. The Morgan fingerprint density at radius 1 is 1.24 bits per heavy atom. The smallest absolute Gasteiger partial charge is 0.423 e. The number of carbonyl (C=O) groups excluding carboxylic acids is 1. The lowest BCUT2D eigenvalue weighted by molar-refractivity contribution is -0.119. The number of hydrogen-bond acceptors (Lipinski definition) is 3. The van der Waals surface area contributed by atoms with E-state index in [2.05, 4.69) is 17.4 Å². The van der Waals surface area contributed by atoms with E-state index < -0.39 is 12.7 Å². The quantitative estimate of drug-likeness (QED) is 0.825. The van der Waals surface area contributed by atoms with Gasteiger partial charge in [-0.3, -0.25) is 4.79 Å². The molecule has 25 heavy (non-hydrogen) atoms. The molecule has 0 saturated carbocycles. The van der Waals surface area contributed by atoms with Crippen LogP contribution in [-0.4, -0.2) is 18.0 Å². The molecule has 130 valence electrons. The molecule has 2 aromatic rings. The Morgan fingerprint density at radius 3 is 2.68 bits per heavy atom. The average Bonchev–Trinajstić information content (AvgIpc) is 2.82. The third-order valence-electron chi connectivity index (χ3n) is 4.80. The second kappa shape index (κ2) is 7.02. The number of nitrogens with one attached hydrogen (secondary N) is 1. The van der Waals surface area contributed by atoms with E-state index in [1.165, 1.54) is 5.56 Å². The van der Waals surface area contributed by atoms with Crippen LogP contribution in [0.5, 0.6) is 0 Å². The number of hydrogen-bond donors (Lipinski definition) is 2. The maximum atomic E-state index is 12.4. The molecule has 0 fully saturated rings. The molecule has 0 radical (unpaired) electrons. The Bertz CT molecular complexity index is 761. The summed E-state index contributed by atoms with van der Waals surface area (Å²) in [5.74, 6) is -0.102. The fourth-order valence-electron chi connectivity index (χ4n) is 3.22. The number of fused-ring (bicyclic) bond motifs is 1. The summed E-state index contributed by atoms with van der Waals surface area (Å²) in [6, 6.07) is 15.8. The molecule has 5 heteroatoms. The molecule has 3 rings (SSSR count). The Balaban J connectivity index is 1.62. The minimum Gasteiger partial charge on any atom is -0.423 e. The molecule has 1 aliphatic rings. The zero-order valence-corrected chi connectivity index (χ0v) is 15.0. The van der Waals surface area contributed by atoms with Gasteiger partial charge in [-0.25, -0.2) is 0 Å². The molecule has 1 heterocycles. The molecule has 0 aromatic heterocycles. The van der Waals surface area contributed by atoms with Crippen LogP contribution in [-0.2, 0) is 21.5 Å². The van der Waals surface area contributed by atoms with Crippen molar-refractivity contribution in [1.82, 2.24) is 0 Å². The highest BCUT2D eigenvalue weighted by molar-refractivity contribution is 6.62. The van der Waals surface area contributed by atoms with E-state index in [-0.39, 0.29) is 11.8 Å². The lowest BCUT2D eigenvalue weighted by atomic mass is 9.78. The zero-order valence-electron chi connectivity index (χ0n) is 15.0. The van der Waals surface area contributed by atoms with Crippen molar-refractivity contribution in [2.45, 2.75) is 39.2 Å². The van der Waals surface area contributed by atoms with Gasteiger partial charge < -0.3 is 15.0 Å². The van der Waals surface area contributed by atoms with E-state index in [0.29, 0.717) is 5.69 Å². The zero-order chi connectivity index (χ0) is 18.0. The monoisotopic (exact) mass is 337 g/mol. The van der Waals surface area contributed by atoms with Crippen LogP contribution in [0.15, 0.2) is 48.5 Å². The first kappa shape index (κ1) is 17.7. The molecule has 2 aromatic carbocycles. The lowest BCUT2D eigenvalue weighted by Crippen LogP contribution is -2.29. The van der Waals surface area contributed by atoms with E-state index in [1.54, 1.807) is 6.07 Å². The predicted octanol–water partition coefficient (Wildman–Crippen LogP) is 2.85. The number of carbonyl (C=O) groups is 1. The minimum absolute atomic E-state index is 0.0106. The van der Waals surface area contributed by atoms with Gasteiger partial charge in [0.15, 0.2) is 0 Å². The van der Waals surface area contributed by atoms with E-state index >= 15 is 0 Å². The predicted molar refractivity (Wildman–Crippen MR) is 101 cm³/mol. The standard InChI is InChI=1S/C20H24BNO3/c1-14(9-10-15-7-5-4-6-8-15)19(23)22-16-11-12-17-18(13-16)21(24)25-20(17,2)3/h4-8,11-14,24H,9-10H2,1-3H3,(H,22,23). The molecule has 0 bridgehead atoms. The summed E-state index contributed by atoms with van der Waals surface area (Å²) in [4.78, 5) is 12.4. The van der Waals surface area contributed by atoms with Crippen molar-refractivity contribution in [1.29, 1.82) is 0 Å². The van der Waals surface area contributed by atoms with Gasteiger partial charge in [0.25, 0.3) is 0 Å². The average molecular weight is 337 g/mol. The van der Waals surface area contributed by atoms with Gasteiger partial charge in [-0.1, -0.05) is 43.3 Å². The van der Waals surface area contributed by atoms with Crippen molar-refractivity contribution in [3.8, 4) is 0 Å². The van der Waals surface area contributed by atoms with E-state index in [1.807, 2.05) is 51.1 Å². The van der Waals surface area contributed by atoms with Gasteiger partial charge in [-0.2, -0.15) is 0 Å². The molecule has 1 aliphatic heterocycles. The van der Waals surface area contributed by atoms with Crippen LogP contribution in [0, 0.1) is 5.92 Å². The minimum atomic E-state index is -0.947. The van der Waals surface area contributed by atoms with Crippen LogP contribution in [0.1, 0.15) is 38.3 Å². The molecule has 0 spiro atoms. The number of benzene rings is 2. The van der Waals surface area contributed by atoms with E-state index in [0.717, 1.165) is 23.9 Å². The summed E-state index contributed by atoms with van der Waals surface area (Å²) in [6.07, 6.45) is 1.67. The highest BCUT2D eigenvalue weighted by Crippen LogP contribution is 2.30. The first-order chi connectivity index (χ1) is 11.9. The van der Waals surface area contributed by atoms with Crippen LogP contribution in [0.3, 0.4) is 0 Å². The van der Waals surface area contributed by atoms with Gasteiger partial charge in [0.05, 0.1) is 5.60 Å². The third kappa shape index (κ3) is 3.94. The van der Waals surface area contributed by atoms with Gasteiger partial charge in [0.2, 0.25) is 5.91 Å². The van der Waals surface area contributed by atoms with Crippen molar-refractivity contribution in [3.05, 3.63) is 59.7 Å². The highest BCUT2D eigenvalue weighted by atomic mass is 16.5. The van der Waals surface area contributed by atoms with Crippen molar-refractivity contribution in [3.63, 3.8) is 0 Å². The molecule has 1 atom stereocenters. The summed E-state index contributed by atoms with van der Waals surface area (Å²) in [5.41, 5.74) is 3.09. The maximum absolute atomic E-state index is 12.4. The first-order valence-electron chi connectivity index (χ1n) is 8.72. The van der Waals surface area contributed by atoms with Gasteiger partial charge in [-0.15, -0.1) is 0 Å². The molecule has 4 nitrogen and oxygen atoms in total. The summed E-state index contributed by atoms with van der Waals surface area (Å²) in [6.45, 7) is 5.78. The van der Waals surface area contributed by atoms with Gasteiger partial charge in [0.1, 0.15) is 0 Å². The summed E-state index contributed by atoms with van der Waals surface area (Å²) in [7, 11) is -0.947. The molecular formula is C20H24BNO3. The van der Waals surface area contributed by atoms with E-state index in [9.17, 15) is 9.82 Å². The van der Waals surface area contributed by atoms with Gasteiger partial charge >= 0.3 is 7.12 Å². The topological polar surface area (TPSA) is 58.6 Å². The summed E-state index contributed by atoms with van der Waals surface area (Å²) >= 11 is 0. The van der Waals surface area contributed by atoms with Crippen molar-refractivity contribution < 1.29 is 14.5 Å². The number of amides is 1. The normalized spacial score (nSPS) is 16.4. The summed E-state index contributed by atoms with van der Waals surface area (Å²) in [5, 5.41) is 13.0. The summed E-state index contributed by atoms with van der Waals surface area (Å²) < 4.78 is 5.56. The largest absolute Gasteiger partial charge is 0.492 e. The molecule has 0 aliphatic carbocycles. The van der Waals surface area contributed by atoms with Gasteiger partial charge in [-0.05, 0) is 55.4 Å². The Kier molecular flexibility index (Phi) is 4.97. The molecular weight excluding hydrogens is 313 g/mol. The maximum Gasteiger partial charge on any atom is 0.492 e. The van der Waals surface area contributed by atoms with Crippen molar-refractivity contribution >= 4 is 24.2 Å². The second-order valence-electron chi connectivity index (χ2n) is 7.20. The van der Waals surface area contributed by atoms with Crippen molar-refractivity contribution in [2.75, 3.05) is 5.32 Å². The van der Waals surface area contributed by atoms with E-state index in [4.69, 9.17) is 4.65 Å². The number of anilines is 1. The van der Waals surface area contributed by atoms with Crippen LogP contribution >= 0.6 is 0 Å². The third-order valence-corrected chi connectivity index (χ3v) is 4.80. The highest BCUT2D eigenvalue weighted by Gasteiger charge is 2.40. The Labute approximate surface area is 149 Å². The van der Waals surface area contributed by atoms with Crippen LogP contribution in [0.25, 0.3) is 0 Å². The Hall–Kier alpha value is -2.11. The fraction of sp³-hybridized carbons (Fsp3) is 0.350.